The van der Waals surface area contributed by atoms with Crippen LogP contribution < -0.4 is 5.32 Å². The molecule has 2 nitrogen and oxygen atoms in total. The van der Waals surface area contributed by atoms with E-state index < -0.39 is 0 Å². The average Bonchev–Trinajstić information content (AvgIpc) is 2.52. The zero-order chi connectivity index (χ0) is 15.1. The van der Waals surface area contributed by atoms with Crippen LogP contribution in [0.4, 0.5) is 0 Å². The second-order valence-electron chi connectivity index (χ2n) is 5.83. The van der Waals surface area contributed by atoms with E-state index in [9.17, 15) is 5.11 Å². The van der Waals surface area contributed by atoms with Crippen molar-refractivity contribution in [3.8, 4) is 0 Å². The van der Waals surface area contributed by atoms with Crippen LogP contribution in [0, 0.1) is 0 Å². The van der Waals surface area contributed by atoms with Crippen molar-refractivity contribution in [3.05, 3.63) is 71.8 Å². The Kier molecular flexibility index (Phi) is 5.97. The summed E-state index contributed by atoms with van der Waals surface area (Å²) in [6.07, 6.45) is 0.381. The second-order valence-corrected chi connectivity index (χ2v) is 5.83. The van der Waals surface area contributed by atoms with Crippen molar-refractivity contribution >= 4 is 0 Å². The molecule has 0 bridgehead atoms. The van der Waals surface area contributed by atoms with Crippen molar-refractivity contribution < 1.29 is 5.11 Å². The molecule has 112 valence electrons. The van der Waals surface area contributed by atoms with Crippen LogP contribution in [0.1, 0.15) is 37.3 Å². The van der Waals surface area contributed by atoms with Gasteiger partial charge in [0.15, 0.2) is 0 Å². The molecule has 0 unspecified atom stereocenters. The van der Waals surface area contributed by atoms with Gasteiger partial charge in [0, 0.05) is 18.5 Å². The van der Waals surface area contributed by atoms with Crippen molar-refractivity contribution in [1.29, 1.82) is 0 Å². The fourth-order valence-corrected chi connectivity index (χ4v) is 2.56. The topological polar surface area (TPSA) is 32.3 Å². The number of hydrogen-bond acceptors (Lipinski definition) is 2. The zero-order valence-electron chi connectivity index (χ0n) is 12.9. The average molecular weight is 283 g/mol. The third-order valence-corrected chi connectivity index (χ3v) is 3.67. The van der Waals surface area contributed by atoms with Gasteiger partial charge in [-0.15, -0.1) is 0 Å². The molecule has 0 heterocycles. The van der Waals surface area contributed by atoms with Crippen molar-refractivity contribution in [2.24, 2.45) is 0 Å². The van der Waals surface area contributed by atoms with Crippen LogP contribution in [-0.2, 0) is 0 Å². The van der Waals surface area contributed by atoms with E-state index in [1.54, 1.807) is 0 Å². The summed E-state index contributed by atoms with van der Waals surface area (Å²) in [4.78, 5) is 0. The first-order valence-electron chi connectivity index (χ1n) is 7.68. The quantitative estimate of drug-likeness (QED) is 0.814. The van der Waals surface area contributed by atoms with E-state index in [0.717, 1.165) is 6.42 Å². The predicted molar refractivity (Wildman–Crippen MR) is 88.5 cm³/mol. The molecule has 2 N–H and O–H groups in total. The number of aliphatic hydroxyl groups is 1. The van der Waals surface area contributed by atoms with E-state index >= 15 is 0 Å². The van der Waals surface area contributed by atoms with Crippen LogP contribution in [0.15, 0.2) is 60.7 Å². The Labute approximate surface area is 127 Å². The van der Waals surface area contributed by atoms with Gasteiger partial charge in [-0.3, -0.25) is 0 Å². The first-order chi connectivity index (χ1) is 10.2. The summed E-state index contributed by atoms with van der Waals surface area (Å²) in [5.41, 5.74) is 2.51. The fourth-order valence-electron chi connectivity index (χ4n) is 2.56. The fraction of sp³-hybridized carbons (Fsp3) is 0.368. The highest BCUT2D eigenvalue weighted by atomic mass is 16.3. The summed E-state index contributed by atoms with van der Waals surface area (Å²) < 4.78 is 0. The standard InChI is InChI=1S/C19H25NO/c1-15(2)20-14-18(21)13-19(16-9-5-3-6-10-16)17-11-7-4-8-12-17/h3-12,15,18-21H,13-14H2,1-2H3/t18-/m1/s1. The molecule has 0 spiro atoms. The molecule has 2 aromatic rings. The second kappa shape index (κ2) is 7.96. The summed E-state index contributed by atoms with van der Waals surface area (Å²) in [5, 5.41) is 13.6. The van der Waals surface area contributed by atoms with E-state index in [1.807, 2.05) is 12.1 Å². The van der Waals surface area contributed by atoms with Gasteiger partial charge >= 0.3 is 0 Å². The molecule has 0 amide bonds. The maximum atomic E-state index is 10.3. The van der Waals surface area contributed by atoms with Crippen LogP contribution in [0.2, 0.25) is 0 Å². The molecule has 0 aliphatic carbocycles. The highest BCUT2D eigenvalue weighted by Gasteiger charge is 2.18. The predicted octanol–water partition coefficient (Wildman–Crippen LogP) is 3.57. The number of aliphatic hydroxyl groups excluding tert-OH is 1. The SMILES string of the molecule is CC(C)NC[C@H](O)CC(c1ccccc1)c1ccccc1. The van der Waals surface area contributed by atoms with E-state index in [-0.39, 0.29) is 12.0 Å². The summed E-state index contributed by atoms with van der Waals surface area (Å²) >= 11 is 0. The van der Waals surface area contributed by atoms with Gasteiger partial charge in [-0.25, -0.2) is 0 Å². The molecule has 0 aliphatic rings. The van der Waals surface area contributed by atoms with E-state index in [4.69, 9.17) is 0 Å². The lowest BCUT2D eigenvalue weighted by Gasteiger charge is -2.22. The van der Waals surface area contributed by atoms with Gasteiger partial charge in [-0.1, -0.05) is 74.5 Å². The van der Waals surface area contributed by atoms with Gasteiger partial charge < -0.3 is 10.4 Å². The summed E-state index contributed by atoms with van der Waals surface area (Å²) in [7, 11) is 0. The minimum Gasteiger partial charge on any atom is -0.392 e. The van der Waals surface area contributed by atoms with E-state index in [2.05, 4.69) is 67.7 Å². The summed E-state index contributed by atoms with van der Waals surface area (Å²) in [6.45, 7) is 4.82. The minimum absolute atomic E-state index is 0.233. The molecule has 0 aliphatic heterocycles. The third-order valence-electron chi connectivity index (χ3n) is 3.67. The molecule has 2 heteroatoms. The molecule has 1 atom stereocenters. The Hall–Kier alpha value is -1.64. The van der Waals surface area contributed by atoms with Crippen molar-refractivity contribution in [1.82, 2.24) is 5.32 Å². The monoisotopic (exact) mass is 283 g/mol. The van der Waals surface area contributed by atoms with Crippen LogP contribution >= 0.6 is 0 Å². The molecule has 0 saturated carbocycles. The maximum absolute atomic E-state index is 10.3. The third kappa shape index (κ3) is 5.00. The highest BCUT2D eigenvalue weighted by molar-refractivity contribution is 5.32. The molecule has 0 saturated heterocycles. The molecule has 0 aromatic heterocycles. The molecule has 21 heavy (non-hydrogen) atoms. The molecule has 0 fully saturated rings. The number of hydrogen-bond donors (Lipinski definition) is 2. The van der Waals surface area contributed by atoms with E-state index in [1.165, 1.54) is 11.1 Å². The van der Waals surface area contributed by atoms with Gasteiger partial charge in [0.25, 0.3) is 0 Å². The van der Waals surface area contributed by atoms with Crippen LogP contribution in [0.5, 0.6) is 0 Å². The van der Waals surface area contributed by atoms with Crippen molar-refractivity contribution in [3.63, 3.8) is 0 Å². The Morgan fingerprint density at radius 3 is 1.76 bits per heavy atom. The first kappa shape index (κ1) is 15.7. The largest absolute Gasteiger partial charge is 0.392 e. The highest BCUT2D eigenvalue weighted by Crippen LogP contribution is 2.28. The van der Waals surface area contributed by atoms with Crippen LogP contribution in [0.25, 0.3) is 0 Å². The first-order valence-corrected chi connectivity index (χ1v) is 7.68. The molecular weight excluding hydrogens is 258 g/mol. The zero-order valence-corrected chi connectivity index (χ0v) is 12.9. The Morgan fingerprint density at radius 1 is 0.857 bits per heavy atom. The van der Waals surface area contributed by atoms with Crippen LogP contribution in [-0.4, -0.2) is 23.8 Å². The van der Waals surface area contributed by atoms with Gasteiger partial charge in [-0.2, -0.15) is 0 Å². The normalized spacial score (nSPS) is 12.8. The number of rotatable bonds is 7. The molecule has 2 aromatic carbocycles. The van der Waals surface area contributed by atoms with Crippen molar-refractivity contribution in [2.75, 3.05) is 6.54 Å². The Bertz CT molecular complexity index is 470. The Balaban J connectivity index is 2.13. The number of benzene rings is 2. The summed E-state index contributed by atoms with van der Waals surface area (Å²) in [6, 6.07) is 21.2. The summed E-state index contributed by atoms with van der Waals surface area (Å²) in [5.74, 6) is 0.233. The lowest BCUT2D eigenvalue weighted by Crippen LogP contribution is -2.32. The van der Waals surface area contributed by atoms with Gasteiger partial charge in [0.05, 0.1) is 6.10 Å². The molecular formula is C19H25NO. The van der Waals surface area contributed by atoms with Gasteiger partial charge in [0.1, 0.15) is 0 Å². The van der Waals surface area contributed by atoms with Crippen LogP contribution in [0.3, 0.4) is 0 Å². The molecule has 0 radical (unpaired) electrons. The Morgan fingerprint density at radius 2 is 1.33 bits per heavy atom. The number of nitrogens with one attached hydrogen (secondary N) is 1. The molecule has 2 rings (SSSR count). The maximum Gasteiger partial charge on any atom is 0.0673 e. The minimum atomic E-state index is -0.349. The van der Waals surface area contributed by atoms with Gasteiger partial charge in [0.2, 0.25) is 0 Å². The smallest absolute Gasteiger partial charge is 0.0673 e. The lowest BCUT2D eigenvalue weighted by atomic mass is 9.86. The van der Waals surface area contributed by atoms with Crippen molar-refractivity contribution in [2.45, 2.75) is 38.3 Å². The van der Waals surface area contributed by atoms with E-state index in [0.29, 0.717) is 12.6 Å². The lowest BCUT2D eigenvalue weighted by molar-refractivity contribution is 0.154. The van der Waals surface area contributed by atoms with Gasteiger partial charge in [-0.05, 0) is 17.5 Å².